The van der Waals surface area contributed by atoms with Crippen LogP contribution in [-0.2, 0) is 51.9 Å². The van der Waals surface area contributed by atoms with Crippen LogP contribution in [0.5, 0.6) is 0 Å². The second-order valence-corrected chi connectivity index (χ2v) is 14.6. The molecule has 3 heterocycles. The van der Waals surface area contributed by atoms with Gasteiger partial charge in [0.15, 0.2) is 0 Å². The molecule has 0 spiro atoms. The Morgan fingerprint density at radius 1 is 0.981 bits per heavy atom. The lowest BCUT2D eigenvalue weighted by Crippen LogP contribution is -2.37. The summed E-state index contributed by atoms with van der Waals surface area (Å²) >= 11 is 0. The predicted molar refractivity (Wildman–Crippen MR) is 197 cm³/mol. The van der Waals surface area contributed by atoms with Crippen LogP contribution in [0.1, 0.15) is 80.6 Å². The van der Waals surface area contributed by atoms with Crippen molar-refractivity contribution in [1.29, 1.82) is 0 Å². The molecule has 13 heteroatoms. The van der Waals surface area contributed by atoms with Crippen LogP contribution in [0, 0.1) is 18.7 Å². The first-order chi connectivity index (χ1) is 25.5. The maximum absolute atomic E-state index is 15.8. The van der Waals surface area contributed by atoms with E-state index in [1.807, 2.05) is 24.6 Å². The summed E-state index contributed by atoms with van der Waals surface area (Å²) in [7, 11) is 0. The molecule has 0 amide bonds. The number of hydrogen-bond donors (Lipinski definition) is 1. The highest BCUT2D eigenvalue weighted by Crippen LogP contribution is 2.47. The number of carbonyl (C=O) groups is 2. The summed E-state index contributed by atoms with van der Waals surface area (Å²) in [4.78, 5) is 27.7. The number of carbonyl (C=O) groups excluding carboxylic acids is 2. The Bertz CT molecular complexity index is 2210. The molecular weight excluding hydrogens is 702 g/mol. The van der Waals surface area contributed by atoms with Crippen LogP contribution in [0.2, 0.25) is 0 Å². The van der Waals surface area contributed by atoms with Crippen molar-refractivity contribution in [3.05, 3.63) is 106 Å². The highest BCUT2D eigenvalue weighted by molar-refractivity contribution is 6.00. The fraction of sp³-hybridized carbons (Fsp3) is 0.390. The summed E-state index contributed by atoms with van der Waals surface area (Å²) < 4.78 is 69.4. The number of para-hydroxylation sites is 1. The minimum absolute atomic E-state index is 0.0295. The van der Waals surface area contributed by atoms with Crippen molar-refractivity contribution in [2.75, 3.05) is 6.79 Å². The van der Waals surface area contributed by atoms with Gasteiger partial charge >= 0.3 is 18.2 Å². The van der Waals surface area contributed by atoms with Gasteiger partial charge in [-0.3, -0.25) is 9.69 Å². The number of rotatable bonds is 10. The topological polar surface area (TPSA) is 105 Å². The molecule has 54 heavy (non-hydrogen) atoms. The number of aryl methyl sites for hydroxylation is 3. The van der Waals surface area contributed by atoms with Crippen LogP contribution in [0.3, 0.4) is 0 Å². The first kappa shape index (κ1) is 38.7. The quantitative estimate of drug-likeness (QED) is 0.0865. The average Bonchev–Trinajstić information content (AvgIpc) is 3.80. The molecule has 2 aromatic heterocycles. The number of nitrogens with two attached hydrogens (primary N) is 1. The van der Waals surface area contributed by atoms with Crippen molar-refractivity contribution in [2.24, 2.45) is 11.7 Å². The predicted octanol–water partition coefficient (Wildman–Crippen LogP) is 8.80. The van der Waals surface area contributed by atoms with Crippen molar-refractivity contribution in [3.63, 3.8) is 0 Å². The second kappa shape index (κ2) is 14.7. The van der Waals surface area contributed by atoms with Crippen molar-refractivity contribution in [2.45, 2.75) is 92.2 Å². The van der Waals surface area contributed by atoms with Gasteiger partial charge in [-0.2, -0.15) is 18.3 Å². The van der Waals surface area contributed by atoms with Crippen LogP contribution in [0.4, 0.5) is 22.4 Å². The molecule has 0 unspecified atom stereocenters. The molecule has 0 aliphatic carbocycles. The molecule has 5 aromatic rings. The van der Waals surface area contributed by atoms with E-state index >= 15 is 4.39 Å². The van der Waals surface area contributed by atoms with Gasteiger partial charge in [-0.05, 0) is 92.1 Å². The minimum atomic E-state index is -4.44. The van der Waals surface area contributed by atoms with Crippen molar-refractivity contribution >= 4 is 23.0 Å². The fourth-order valence-corrected chi connectivity index (χ4v) is 7.22. The largest absolute Gasteiger partial charge is 0.427 e. The molecule has 1 atom stereocenters. The zero-order valence-electron chi connectivity index (χ0n) is 31.5. The molecule has 0 radical (unpaired) electrons. The van der Waals surface area contributed by atoms with Crippen LogP contribution < -0.4 is 5.73 Å². The Kier molecular flexibility index (Phi) is 10.5. The first-order valence-electron chi connectivity index (χ1n) is 18.0. The molecule has 1 aliphatic heterocycles. The molecule has 3 aromatic carbocycles. The van der Waals surface area contributed by atoms with Gasteiger partial charge in [0.1, 0.15) is 11.9 Å². The van der Waals surface area contributed by atoms with Gasteiger partial charge in [-0.15, -0.1) is 0 Å². The van der Waals surface area contributed by atoms with E-state index in [-0.39, 0.29) is 11.4 Å². The number of benzene rings is 3. The highest BCUT2D eigenvalue weighted by Gasteiger charge is 2.44. The SMILES string of the molecule is CCc1cccc(CC)c1-n1nc2c(c1-c1ccc(F)c3c1ccn3C(=O)OCOC(=O)[C@@H](N)C(C)C)CN(Cc1ccc(C(F)(F)F)cc1C)C2(C)C. The van der Waals surface area contributed by atoms with Crippen molar-refractivity contribution < 1.29 is 36.6 Å². The van der Waals surface area contributed by atoms with Crippen LogP contribution in [0.15, 0.2) is 60.8 Å². The van der Waals surface area contributed by atoms with Gasteiger partial charge < -0.3 is 15.2 Å². The van der Waals surface area contributed by atoms with E-state index < -0.39 is 48.0 Å². The van der Waals surface area contributed by atoms with E-state index in [0.717, 1.165) is 57.1 Å². The lowest BCUT2D eigenvalue weighted by Gasteiger charge is -2.32. The van der Waals surface area contributed by atoms with Crippen LogP contribution >= 0.6 is 0 Å². The van der Waals surface area contributed by atoms with E-state index in [1.54, 1.807) is 32.9 Å². The molecule has 0 saturated carbocycles. The van der Waals surface area contributed by atoms with Gasteiger partial charge in [-0.25, -0.2) is 18.4 Å². The molecular formula is C41H45F4N5O4. The third kappa shape index (κ3) is 6.90. The van der Waals surface area contributed by atoms with Gasteiger partial charge in [0, 0.05) is 35.8 Å². The summed E-state index contributed by atoms with van der Waals surface area (Å²) in [5.41, 5.74) is 11.8. The van der Waals surface area contributed by atoms with E-state index in [1.165, 1.54) is 24.4 Å². The smallest absolute Gasteiger partial charge is 0.421 e. The molecule has 9 nitrogen and oxygen atoms in total. The third-order valence-corrected chi connectivity index (χ3v) is 10.5. The van der Waals surface area contributed by atoms with Gasteiger partial charge in [0.25, 0.3) is 0 Å². The maximum atomic E-state index is 15.8. The van der Waals surface area contributed by atoms with Crippen LogP contribution in [-0.4, -0.2) is 44.1 Å². The zero-order chi connectivity index (χ0) is 39.3. The number of esters is 1. The standard InChI is InChI=1S/C41H45F4N5O4/c1-8-25-11-10-12-26(9-2)34(25)50-35(31-21-48(40(6,7)37(31)47-50)20-27-13-14-28(19-24(27)5)41(43,44)45)29-15-16-32(42)36-30(29)17-18-49(36)39(52)54-22-53-38(51)33(46)23(3)4/h10-19,23,33H,8-9,20-22,46H2,1-7H3/t33-/m0/s1. The second-order valence-electron chi connectivity index (χ2n) is 14.6. The van der Waals surface area contributed by atoms with E-state index in [4.69, 9.17) is 20.3 Å². The van der Waals surface area contributed by atoms with Gasteiger partial charge in [0.2, 0.25) is 6.79 Å². The Morgan fingerprint density at radius 2 is 1.67 bits per heavy atom. The minimum Gasteiger partial charge on any atom is -0.427 e. The number of fused-ring (bicyclic) bond motifs is 2. The van der Waals surface area contributed by atoms with E-state index in [0.29, 0.717) is 35.3 Å². The Labute approximate surface area is 311 Å². The first-order valence-corrected chi connectivity index (χ1v) is 18.0. The molecule has 1 aliphatic rings. The number of aromatic nitrogens is 3. The number of nitrogens with zero attached hydrogens (tertiary/aromatic N) is 4. The number of halogens is 4. The van der Waals surface area contributed by atoms with E-state index in [9.17, 15) is 22.8 Å². The van der Waals surface area contributed by atoms with Crippen LogP contribution in [0.25, 0.3) is 27.8 Å². The lowest BCUT2D eigenvalue weighted by molar-refractivity contribution is -0.154. The molecule has 6 rings (SSSR count). The number of alkyl halides is 3. The Balaban J connectivity index is 1.46. The fourth-order valence-electron chi connectivity index (χ4n) is 7.22. The maximum Gasteiger partial charge on any atom is 0.421 e. The Morgan fingerprint density at radius 3 is 2.28 bits per heavy atom. The highest BCUT2D eigenvalue weighted by atomic mass is 19.4. The summed E-state index contributed by atoms with van der Waals surface area (Å²) in [6.45, 7) is 13.5. The number of ether oxygens (including phenoxy) is 2. The lowest BCUT2D eigenvalue weighted by atomic mass is 9.96. The molecule has 0 bridgehead atoms. The number of hydrogen-bond acceptors (Lipinski definition) is 7. The average molecular weight is 748 g/mol. The molecule has 0 saturated heterocycles. The Hall–Kier alpha value is -5.01. The zero-order valence-corrected chi connectivity index (χ0v) is 31.5. The monoisotopic (exact) mass is 747 g/mol. The summed E-state index contributed by atoms with van der Waals surface area (Å²) in [6, 6.07) is 13.7. The van der Waals surface area contributed by atoms with Gasteiger partial charge in [-0.1, -0.05) is 52.0 Å². The van der Waals surface area contributed by atoms with Crippen molar-refractivity contribution in [1.82, 2.24) is 19.2 Å². The van der Waals surface area contributed by atoms with E-state index in [2.05, 4.69) is 30.9 Å². The third-order valence-electron chi connectivity index (χ3n) is 10.5. The molecule has 286 valence electrons. The summed E-state index contributed by atoms with van der Waals surface area (Å²) in [5.74, 6) is -1.58. The summed E-state index contributed by atoms with van der Waals surface area (Å²) in [6.07, 6.45) is -2.53. The molecule has 0 fully saturated rings. The summed E-state index contributed by atoms with van der Waals surface area (Å²) in [5, 5.41) is 5.73. The molecule has 2 N–H and O–H groups in total. The van der Waals surface area contributed by atoms with Crippen molar-refractivity contribution in [3.8, 4) is 16.9 Å². The van der Waals surface area contributed by atoms with Gasteiger partial charge in [0.05, 0.1) is 33.7 Å². The normalized spacial score (nSPS) is 14.8.